The quantitative estimate of drug-likeness (QED) is 0.842. The maximum absolute atomic E-state index is 5.71. The van der Waals surface area contributed by atoms with Crippen LogP contribution in [0.15, 0.2) is 28.8 Å². The van der Waals surface area contributed by atoms with Gasteiger partial charge in [-0.3, -0.25) is 0 Å². The number of anilines is 1. The minimum Gasteiger partial charge on any atom is -0.399 e. The van der Waals surface area contributed by atoms with E-state index >= 15 is 0 Å². The average molecular weight is 243 g/mol. The summed E-state index contributed by atoms with van der Waals surface area (Å²) in [6.45, 7) is 4.17. The van der Waals surface area contributed by atoms with E-state index in [-0.39, 0.29) is 5.41 Å². The first-order chi connectivity index (χ1) is 8.57. The Morgan fingerprint density at radius 3 is 2.50 bits per heavy atom. The van der Waals surface area contributed by atoms with Crippen LogP contribution in [0.5, 0.6) is 0 Å². The predicted molar refractivity (Wildman–Crippen MR) is 69.3 cm³/mol. The van der Waals surface area contributed by atoms with E-state index in [0.29, 0.717) is 11.8 Å². The first-order valence-electron chi connectivity index (χ1n) is 6.27. The molecule has 0 saturated heterocycles. The zero-order valence-electron chi connectivity index (χ0n) is 10.7. The molecule has 94 valence electrons. The van der Waals surface area contributed by atoms with Crippen molar-refractivity contribution in [2.45, 2.75) is 38.0 Å². The molecule has 1 fully saturated rings. The lowest BCUT2D eigenvalue weighted by molar-refractivity contribution is 0.329. The van der Waals surface area contributed by atoms with Gasteiger partial charge in [-0.1, -0.05) is 17.3 Å². The average Bonchev–Trinajstić information content (AvgIpc) is 3.07. The highest BCUT2D eigenvalue weighted by Gasteiger charge is 2.34. The summed E-state index contributed by atoms with van der Waals surface area (Å²) >= 11 is 0. The van der Waals surface area contributed by atoms with Gasteiger partial charge in [-0.05, 0) is 44.4 Å². The van der Waals surface area contributed by atoms with Crippen molar-refractivity contribution in [2.75, 3.05) is 5.73 Å². The Morgan fingerprint density at radius 2 is 1.89 bits per heavy atom. The SMILES string of the molecule is CC(C)(c1ccc(N)cc1)c1nc(C2CC2)no1. The minimum atomic E-state index is -0.284. The molecule has 2 aromatic rings. The van der Waals surface area contributed by atoms with Crippen molar-refractivity contribution in [3.63, 3.8) is 0 Å². The van der Waals surface area contributed by atoms with Crippen LogP contribution in [-0.4, -0.2) is 10.1 Å². The normalized spacial score (nSPS) is 15.9. The Hall–Kier alpha value is -1.84. The molecule has 3 rings (SSSR count). The molecule has 0 radical (unpaired) electrons. The van der Waals surface area contributed by atoms with Gasteiger partial charge in [0.1, 0.15) is 0 Å². The van der Waals surface area contributed by atoms with Gasteiger partial charge in [0.15, 0.2) is 5.82 Å². The smallest absolute Gasteiger partial charge is 0.236 e. The second-order valence-corrected chi connectivity index (χ2v) is 5.48. The number of nitrogen functional groups attached to an aromatic ring is 1. The molecule has 1 aromatic carbocycles. The topological polar surface area (TPSA) is 64.9 Å². The number of hydrogen-bond acceptors (Lipinski definition) is 4. The van der Waals surface area contributed by atoms with E-state index in [2.05, 4.69) is 24.0 Å². The third kappa shape index (κ3) is 1.88. The van der Waals surface area contributed by atoms with Gasteiger partial charge in [-0.25, -0.2) is 0 Å². The van der Waals surface area contributed by atoms with Gasteiger partial charge in [0, 0.05) is 11.6 Å². The summed E-state index contributed by atoms with van der Waals surface area (Å²) in [6.07, 6.45) is 2.36. The Labute approximate surface area is 106 Å². The Morgan fingerprint density at radius 1 is 1.22 bits per heavy atom. The largest absolute Gasteiger partial charge is 0.399 e. The lowest BCUT2D eigenvalue weighted by atomic mass is 9.84. The fourth-order valence-electron chi connectivity index (χ4n) is 2.02. The van der Waals surface area contributed by atoms with Crippen LogP contribution in [0, 0.1) is 0 Å². The van der Waals surface area contributed by atoms with Crippen LogP contribution < -0.4 is 5.73 Å². The third-order valence-corrected chi connectivity index (χ3v) is 3.55. The van der Waals surface area contributed by atoms with Crippen LogP contribution in [0.2, 0.25) is 0 Å². The molecule has 1 aliphatic carbocycles. The van der Waals surface area contributed by atoms with Crippen LogP contribution in [0.4, 0.5) is 5.69 Å². The van der Waals surface area contributed by atoms with Gasteiger partial charge in [0.2, 0.25) is 5.89 Å². The molecule has 0 aliphatic heterocycles. The molecule has 0 unspecified atom stereocenters. The fraction of sp³-hybridized carbons (Fsp3) is 0.429. The molecule has 0 bridgehead atoms. The lowest BCUT2D eigenvalue weighted by Gasteiger charge is -2.20. The summed E-state index contributed by atoms with van der Waals surface area (Å²) < 4.78 is 5.42. The van der Waals surface area contributed by atoms with Crippen molar-refractivity contribution >= 4 is 5.69 Å². The number of benzene rings is 1. The minimum absolute atomic E-state index is 0.284. The number of hydrogen-bond donors (Lipinski definition) is 1. The van der Waals surface area contributed by atoms with Crippen LogP contribution in [0.3, 0.4) is 0 Å². The van der Waals surface area contributed by atoms with E-state index in [1.54, 1.807) is 0 Å². The molecular weight excluding hydrogens is 226 g/mol. The zero-order chi connectivity index (χ0) is 12.8. The molecule has 1 saturated carbocycles. The van der Waals surface area contributed by atoms with E-state index in [4.69, 9.17) is 10.3 Å². The fourth-order valence-corrected chi connectivity index (χ4v) is 2.02. The number of nitrogens with zero attached hydrogens (tertiary/aromatic N) is 2. The van der Waals surface area contributed by atoms with Gasteiger partial charge in [0.25, 0.3) is 0 Å². The van der Waals surface area contributed by atoms with E-state index in [9.17, 15) is 0 Å². The molecule has 1 aromatic heterocycles. The van der Waals surface area contributed by atoms with Gasteiger partial charge in [0.05, 0.1) is 5.41 Å². The molecule has 0 spiro atoms. The van der Waals surface area contributed by atoms with Gasteiger partial charge in [-0.2, -0.15) is 4.98 Å². The van der Waals surface area contributed by atoms with E-state index in [1.807, 2.05) is 24.3 Å². The number of rotatable bonds is 3. The summed E-state index contributed by atoms with van der Waals surface area (Å²) in [4.78, 5) is 4.53. The summed E-state index contributed by atoms with van der Waals surface area (Å²) in [6, 6.07) is 7.82. The molecule has 0 amide bonds. The molecule has 18 heavy (non-hydrogen) atoms. The Kier molecular flexibility index (Phi) is 2.40. The Balaban J connectivity index is 1.94. The first-order valence-corrected chi connectivity index (χ1v) is 6.27. The maximum atomic E-state index is 5.71. The molecule has 2 N–H and O–H groups in total. The summed E-state index contributed by atoms with van der Waals surface area (Å²) in [5.74, 6) is 2.05. The lowest BCUT2D eigenvalue weighted by Crippen LogP contribution is -2.19. The highest BCUT2D eigenvalue weighted by molar-refractivity contribution is 5.42. The number of nitrogens with two attached hydrogens (primary N) is 1. The van der Waals surface area contributed by atoms with E-state index in [1.165, 1.54) is 12.8 Å². The van der Waals surface area contributed by atoms with Crippen LogP contribution in [0.25, 0.3) is 0 Å². The van der Waals surface area contributed by atoms with Crippen molar-refractivity contribution in [3.05, 3.63) is 41.5 Å². The van der Waals surface area contributed by atoms with Crippen molar-refractivity contribution < 1.29 is 4.52 Å². The van der Waals surface area contributed by atoms with Gasteiger partial charge in [-0.15, -0.1) is 0 Å². The first kappa shape index (κ1) is 11.3. The van der Waals surface area contributed by atoms with E-state index < -0.39 is 0 Å². The highest BCUT2D eigenvalue weighted by Crippen LogP contribution is 2.39. The maximum Gasteiger partial charge on any atom is 0.236 e. The Bertz CT molecular complexity index is 553. The van der Waals surface area contributed by atoms with Crippen molar-refractivity contribution in [3.8, 4) is 0 Å². The standard InChI is InChI=1S/C14H17N3O/c1-14(2,10-5-7-11(15)8-6-10)13-16-12(17-18-13)9-3-4-9/h5-9H,3-4,15H2,1-2H3. The van der Waals surface area contributed by atoms with Crippen molar-refractivity contribution in [2.24, 2.45) is 0 Å². The summed E-state index contributed by atoms with van der Waals surface area (Å²) in [7, 11) is 0. The second kappa shape index (κ2) is 3.83. The van der Waals surface area contributed by atoms with E-state index in [0.717, 1.165) is 17.1 Å². The predicted octanol–water partition coefficient (Wildman–Crippen LogP) is 2.86. The molecular formula is C14H17N3O. The molecule has 1 aliphatic rings. The summed E-state index contributed by atoms with van der Waals surface area (Å²) in [5, 5.41) is 4.08. The van der Waals surface area contributed by atoms with Crippen LogP contribution >= 0.6 is 0 Å². The van der Waals surface area contributed by atoms with Gasteiger partial charge >= 0.3 is 0 Å². The second-order valence-electron chi connectivity index (χ2n) is 5.48. The number of aromatic nitrogens is 2. The van der Waals surface area contributed by atoms with Crippen LogP contribution in [-0.2, 0) is 5.41 Å². The monoisotopic (exact) mass is 243 g/mol. The van der Waals surface area contributed by atoms with Crippen molar-refractivity contribution in [1.82, 2.24) is 10.1 Å². The molecule has 4 nitrogen and oxygen atoms in total. The third-order valence-electron chi connectivity index (χ3n) is 3.55. The highest BCUT2D eigenvalue weighted by atomic mass is 16.5. The molecule has 4 heteroatoms. The summed E-state index contributed by atoms with van der Waals surface area (Å²) in [5.41, 5.74) is 7.32. The molecule has 0 atom stereocenters. The zero-order valence-corrected chi connectivity index (χ0v) is 10.7. The van der Waals surface area contributed by atoms with Crippen molar-refractivity contribution in [1.29, 1.82) is 0 Å². The molecule has 1 heterocycles. The van der Waals surface area contributed by atoms with Crippen LogP contribution in [0.1, 0.15) is 49.9 Å². The van der Waals surface area contributed by atoms with Gasteiger partial charge < -0.3 is 10.3 Å².